The fraction of sp³-hybridized carbons (Fsp3) is 0.111. The van der Waals surface area contributed by atoms with Crippen molar-refractivity contribution in [2.45, 2.75) is 13.3 Å². The molecule has 0 aliphatic carbocycles. The average molecular weight is 249 g/mol. The second-order valence-electron chi connectivity index (χ2n) is 4.45. The van der Waals surface area contributed by atoms with Crippen LogP contribution in [0.1, 0.15) is 18.9 Å². The Morgan fingerprint density at radius 3 is 2.16 bits per heavy atom. The van der Waals surface area contributed by atoms with Gasteiger partial charge in [-0.05, 0) is 30.2 Å². The van der Waals surface area contributed by atoms with Crippen LogP contribution in [0.3, 0.4) is 0 Å². The molecule has 1 nitrogen and oxygen atoms in total. The zero-order valence-corrected chi connectivity index (χ0v) is 11.3. The molecule has 0 radical (unpaired) electrons. The van der Waals surface area contributed by atoms with Gasteiger partial charge in [-0.3, -0.25) is 0 Å². The Balaban J connectivity index is 2.03. The standard InChI is InChI=1S/C18H19N/c1-3-17(19-18-12-8-5-9-13-18)14-15(2)16-10-6-4-7-11-16/h3-13,19H,2,14H2,1H3/b17-3+. The Morgan fingerprint density at radius 1 is 1.00 bits per heavy atom. The van der Waals surface area contributed by atoms with Gasteiger partial charge < -0.3 is 5.32 Å². The molecule has 2 rings (SSSR count). The molecule has 0 saturated carbocycles. The Hall–Kier alpha value is -2.28. The summed E-state index contributed by atoms with van der Waals surface area (Å²) >= 11 is 0. The van der Waals surface area contributed by atoms with E-state index in [-0.39, 0.29) is 0 Å². The van der Waals surface area contributed by atoms with E-state index < -0.39 is 0 Å². The summed E-state index contributed by atoms with van der Waals surface area (Å²) in [6.45, 7) is 6.22. The van der Waals surface area contributed by atoms with Gasteiger partial charge in [-0.2, -0.15) is 0 Å². The molecule has 0 atom stereocenters. The normalized spacial score (nSPS) is 11.1. The first-order valence-electron chi connectivity index (χ1n) is 6.50. The number of rotatable bonds is 5. The van der Waals surface area contributed by atoms with Gasteiger partial charge in [0, 0.05) is 17.8 Å². The highest BCUT2D eigenvalue weighted by atomic mass is 14.9. The van der Waals surface area contributed by atoms with Crippen molar-refractivity contribution >= 4 is 11.3 Å². The van der Waals surface area contributed by atoms with Crippen molar-refractivity contribution < 1.29 is 0 Å². The molecule has 1 heteroatoms. The smallest absolute Gasteiger partial charge is 0.0381 e. The number of nitrogens with one attached hydrogen (secondary N) is 1. The minimum atomic E-state index is 0.829. The zero-order valence-electron chi connectivity index (χ0n) is 11.3. The second-order valence-corrected chi connectivity index (χ2v) is 4.45. The Bertz CT molecular complexity index is 553. The fourth-order valence-electron chi connectivity index (χ4n) is 1.93. The van der Waals surface area contributed by atoms with Gasteiger partial charge in [-0.1, -0.05) is 61.2 Å². The lowest BCUT2D eigenvalue weighted by atomic mass is 10.0. The zero-order chi connectivity index (χ0) is 13.5. The fourth-order valence-corrected chi connectivity index (χ4v) is 1.93. The van der Waals surface area contributed by atoms with Crippen molar-refractivity contribution in [2.24, 2.45) is 0 Å². The van der Waals surface area contributed by atoms with E-state index >= 15 is 0 Å². The minimum absolute atomic E-state index is 0.829. The van der Waals surface area contributed by atoms with Crippen molar-refractivity contribution in [1.29, 1.82) is 0 Å². The van der Waals surface area contributed by atoms with Crippen LogP contribution in [0, 0.1) is 0 Å². The highest BCUT2D eigenvalue weighted by Crippen LogP contribution is 2.21. The summed E-state index contributed by atoms with van der Waals surface area (Å²) in [6.07, 6.45) is 2.93. The quantitative estimate of drug-likeness (QED) is 0.776. The Kier molecular flexibility index (Phi) is 4.57. The highest BCUT2D eigenvalue weighted by molar-refractivity contribution is 5.66. The summed E-state index contributed by atoms with van der Waals surface area (Å²) in [6, 6.07) is 20.5. The average Bonchev–Trinajstić information content (AvgIpc) is 2.48. The maximum atomic E-state index is 4.17. The number of hydrogen-bond donors (Lipinski definition) is 1. The van der Waals surface area contributed by atoms with Crippen molar-refractivity contribution in [1.82, 2.24) is 0 Å². The van der Waals surface area contributed by atoms with Gasteiger partial charge in [-0.25, -0.2) is 0 Å². The van der Waals surface area contributed by atoms with Crippen LogP contribution in [-0.2, 0) is 0 Å². The molecule has 19 heavy (non-hydrogen) atoms. The first-order valence-corrected chi connectivity index (χ1v) is 6.50. The monoisotopic (exact) mass is 249 g/mol. The van der Waals surface area contributed by atoms with Crippen LogP contribution in [0.5, 0.6) is 0 Å². The first-order chi connectivity index (χ1) is 9.29. The van der Waals surface area contributed by atoms with Crippen LogP contribution in [0.2, 0.25) is 0 Å². The summed E-state index contributed by atoms with van der Waals surface area (Å²) in [5.74, 6) is 0. The molecule has 1 N–H and O–H groups in total. The van der Waals surface area contributed by atoms with E-state index in [4.69, 9.17) is 0 Å². The van der Waals surface area contributed by atoms with Gasteiger partial charge >= 0.3 is 0 Å². The van der Waals surface area contributed by atoms with E-state index in [1.54, 1.807) is 0 Å². The maximum absolute atomic E-state index is 4.17. The molecule has 0 fully saturated rings. The summed E-state index contributed by atoms with van der Waals surface area (Å²) < 4.78 is 0. The molecular formula is C18H19N. The summed E-state index contributed by atoms with van der Waals surface area (Å²) in [5.41, 5.74) is 4.59. The number of hydrogen-bond acceptors (Lipinski definition) is 1. The predicted octanol–water partition coefficient (Wildman–Crippen LogP) is 5.11. The lowest BCUT2D eigenvalue weighted by molar-refractivity contribution is 1.22. The van der Waals surface area contributed by atoms with Gasteiger partial charge in [0.05, 0.1) is 0 Å². The largest absolute Gasteiger partial charge is 0.359 e. The molecule has 0 heterocycles. The minimum Gasteiger partial charge on any atom is -0.359 e. The van der Waals surface area contributed by atoms with E-state index in [0.717, 1.165) is 17.7 Å². The molecule has 0 aliphatic rings. The van der Waals surface area contributed by atoms with Gasteiger partial charge in [0.1, 0.15) is 0 Å². The molecular weight excluding hydrogens is 230 g/mol. The van der Waals surface area contributed by atoms with Crippen molar-refractivity contribution in [3.8, 4) is 0 Å². The topological polar surface area (TPSA) is 12.0 Å². The molecule has 0 bridgehead atoms. The molecule has 0 aliphatic heterocycles. The second kappa shape index (κ2) is 6.60. The molecule has 0 spiro atoms. The van der Waals surface area contributed by atoms with Crippen LogP contribution in [0.25, 0.3) is 5.57 Å². The van der Waals surface area contributed by atoms with Gasteiger partial charge in [0.15, 0.2) is 0 Å². The highest BCUT2D eigenvalue weighted by Gasteiger charge is 2.02. The number of benzene rings is 2. The predicted molar refractivity (Wildman–Crippen MR) is 83.9 cm³/mol. The van der Waals surface area contributed by atoms with E-state index in [1.807, 2.05) is 43.3 Å². The third-order valence-electron chi connectivity index (χ3n) is 3.01. The van der Waals surface area contributed by atoms with Crippen LogP contribution >= 0.6 is 0 Å². The summed E-state index contributed by atoms with van der Waals surface area (Å²) in [5, 5.41) is 3.43. The molecule has 0 amide bonds. The van der Waals surface area contributed by atoms with E-state index in [2.05, 4.69) is 42.2 Å². The van der Waals surface area contributed by atoms with Gasteiger partial charge in [0.2, 0.25) is 0 Å². The Labute approximate surface area is 115 Å². The summed E-state index contributed by atoms with van der Waals surface area (Å²) in [7, 11) is 0. The maximum Gasteiger partial charge on any atom is 0.0381 e. The molecule has 2 aromatic rings. The van der Waals surface area contributed by atoms with E-state index in [1.165, 1.54) is 11.3 Å². The van der Waals surface area contributed by atoms with Gasteiger partial charge in [0.25, 0.3) is 0 Å². The van der Waals surface area contributed by atoms with E-state index in [0.29, 0.717) is 0 Å². The molecule has 96 valence electrons. The molecule has 0 unspecified atom stereocenters. The summed E-state index contributed by atoms with van der Waals surface area (Å²) in [4.78, 5) is 0. The van der Waals surface area contributed by atoms with Crippen LogP contribution < -0.4 is 5.32 Å². The van der Waals surface area contributed by atoms with Crippen molar-refractivity contribution in [3.63, 3.8) is 0 Å². The lowest BCUT2D eigenvalue weighted by Gasteiger charge is -2.12. The van der Waals surface area contributed by atoms with Crippen molar-refractivity contribution in [2.75, 3.05) is 5.32 Å². The first kappa shape index (κ1) is 13.2. The molecule has 0 saturated heterocycles. The molecule has 2 aromatic carbocycles. The third kappa shape index (κ3) is 3.85. The number of allylic oxidation sites excluding steroid dienone is 2. The van der Waals surface area contributed by atoms with Crippen LogP contribution in [-0.4, -0.2) is 0 Å². The van der Waals surface area contributed by atoms with Gasteiger partial charge in [-0.15, -0.1) is 0 Å². The van der Waals surface area contributed by atoms with E-state index in [9.17, 15) is 0 Å². The Morgan fingerprint density at radius 2 is 1.58 bits per heavy atom. The molecule has 0 aromatic heterocycles. The SMILES string of the molecule is C=C(C/C(=C\C)Nc1ccccc1)c1ccccc1. The van der Waals surface area contributed by atoms with Crippen molar-refractivity contribution in [3.05, 3.63) is 84.6 Å². The number of anilines is 1. The number of para-hydroxylation sites is 1. The van der Waals surface area contributed by atoms with Crippen LogP contribution in [0.15, 0.2) is 79.0 Å². The third-order valence-corrected chi connectivity index (χ3v) is 3.01. The van der Waals surface area contributed by atoms with Crippen LogP contribution in [0.4, 0.5) is 5.69 Å². The lowest BCUT2D eigenvalue weighted by Crippen LogP contribution is -2.00.